The number of carbonyl (C=O) groups is 1. The predicted octanol–water partition coefficient (Wildman–Crippen LogP) is 4.65. The van der Waals surface area contributed by atoms with E-state index in [-0.39, 0.29) is 22.5 Å². The van der Waals surface area contributed by atoms with Crippen molar-refractivity contribution in [2.75, 3.05) is 63.9 Å². The highest BCUT2D eigenvalue weighted by molar-refractivity contribution is 5.96. The van der Waals surface area contributed by atoms with Crippen molar-refractivity contribution in [2.24, 2.45) is 0 Å². The molecule has 6 rings (SSSR count). The number of aromatic hydroxyl groups is 1. The molecular weight excluding hydrogens is 566 g/mol. The van der Waals surface area contributed by atoms with E-state index in [2.05, 4.69) is 69.0 Å². The smallest absolute Gasteiger partial charge is 0.254 e. The molecule has 45 heavy (non-hydrogen) atoms. The van der Waals surface area contributed by atoms with Crippen LogP contribution >= 0.6 is 0 Å². The van der Waals surface area contributed by atoms with Gasteiger partial charge in [0.05, 0.1) is 17.6 Å². The van der Waals surface area contributed by atoms with Crippen LogP contribution in [0.4, 0.5) is 5.95 Å². The number of para-hydroxylation sites is 2. The van der Waals surface area contributed by atoms with Gasteiger partial charge in [-0.1, -0.05) is 48.5 Å². The lowest BCUT2D eigenvalue weighted by molar-refractivity contribution is 0.0779. The summed E-state index contributed by atoms with van der Waals surface area (Å²) < 4.78 is 8.04. The van der Waals surface area contributed by atoms with Crippen molar-refractivity contribution in [1.82, 2.24) is 19.4 Å². The van der Waals surface area contributed by atoms with E-state index in [4.69, 9.17) is 9.72 Å². The Bertz CT molecular complexity index is 1570. The number of benzene rings is 3. The Morgan fingerprint density at radius 3 is 2.58 bits per heavy atom. The number of rotatable bonds is 10. The van der Waals surface area contributed by atoms with Crippen LogP contribution in [-0.4, -0.2) is 94.9 Å². The van der Waals surface area contributed by atoms with Gasteiger partial charge in [-0.2, -0.15) is 0 Å². The quantitative estimate of drug-likeness (QED) is 0.261. The summed E-state index contributed by atoms with van der Waals surface area (Å²) in [5.74, 6) is 1.18. The van der Waals surface area contributed by atoms with E-state index in [1.807, 2.05) is 24.8 Å². The first-order valence-electron chi connectivity index (χ1n) is 16.1. The minimum Gasteiger partial charge on any atom is -0.508 e. The number of hydrogen-bond donors (Lipinski definition) is 1. The molecule has 0 bridgehead atoms. The highest BCUT2D eigenvalue weighted by atomic mass is 16.5. The molecular formula is C36H47N5O4. The normalized spacial score (nSPS) is 19.1. The van der Waals surface area contributed by atoms with Crippen LogP contribution in [0.25, 0.3) is 11.0 Å². The minimum atomic E-state index is -0.0963. The van der Waals surface area contributed by atoms with Gasteiger partial charge in [0.1, 0.15) is 5.75 Å². The number of nitrogens with zero attached hydrogens (tertiary/aromatic N) is 5. The third-order valence-electron chi connectivity index (χ3n) is 9.55. The van der Waals surface area contributed by atoms with E-state index in [9.17, 15) is 9.90 Å². The Labute approximate surface area is 266 Å². The molecule has 0 spiro atoms. The number of phenols is 1. The molecule has 1 atom stereocenters. The van der Waals surface area contributed by atoms with E-state index in [1.165, 1.54) is 5.56 Å². The van der Waals surface area contributed by atoms with Crippen LogP contribution in [-0.2, 0) is 16.7 Å². The zero-order valence-corrected chi connectivity index (χ0v) is 26.6. The number of anilines is 1. The lowest BCUT2D eigenvalue weighted by Gasteiger charge is -2.33. The summed E-state index contributed by atoms with van der Waals surface area (Å²) in [5, 5.41) is 10.1. The zero-order valence-electron chi connectivity index (χ0n) is 26.6. The first-order chi connectivity index (χ1) is 21.5. The summed E-state index contributed by atoms with van der Waals surface area (Å²) in [6, 6.07) is 24.2. The number of fused-ring (bicyclic) bond motifs is 1. The third-order valence-corrected chi connectivity index (χ3v) is 9.55. The molecule has 0 radical (unpaired) electrons. The first kappa shape index (κ1) is 32.5. The van der Waals surface area contributed by atoms with E-state index >= 15 is 0 Å². The number of aromatic nitrogens is 2. The Morgan fingerprint density at radius 2 is 1.76 bits per heavy atom. The first-order valence-corrected chi connectivity index (χ1v) is 16.1. The second-order valence-electron chi connectivity index (χ2n) is 12.3. The monoisotopic (exact) mass is 613 g/mol. The van der Waals surface area contributed by atoms with Crippen LogP contribution in [0.1, 0.15) is 47.7 Å². The number of likely N-dealkylation sites (tertiary alicyclic amines) is 1. The maximum Gasteiger partial charge on any atom is 0.254 e. The zero-order chi connectivity index (χ0) is 30.5. The molecule has 2 aliphatic rings. The van der Waals surface area contributed by atoms with Crippen molar-refractivity contribution in [2.45, 2.75) is 45.1 Å². The summed E-state index contributed by atoms with van der Waals surface area (Å²) in [7, 11) is 0. The van der Waals surface area contributed by atoms with E-state index < -0.39 is 0 Å². The van der Waals surface area contributed by atoms with Crippen LogP contribution in [0.2, 0.25) is 0 Å². The van der Waals surface area contributed by atoms with Crippen LogP contribution in [0.5, 0.6) is 5.75 Å². The Balaban J connectivity index is 0.00000400. The number of aryl methyl sites for hydroxylation is 1. The molecule has 1 amide bonds. The van der Waals surface area contributed by atoms with Gasteiger partial charge in [0, 0.05) is 56.9 Å². The molecule has 0 saturated carbocycles. The number of imidazole rings is 1. The number of carbonyl (C=O) groups excluding carboxylic acids is 1. The summed E-state index contributed by atoms with van der Waals surface area (Å²) >= 11 is 0. The molecule has 3 aromatic carbocycles. The van der Waals surface area contributed by atoms with Crippen LogP contribution < -0.4 is 4.90 Å². The van der Waals surface area contributed by atoms with Crippen molar-refractivity contribution < 1.29 is 20.1 Å². The van der Waals surface area contributed by atoms with Gasteiger partial charge in [0.2, 0.25) is 5.95 Å². The van der Waals surface area contributed by atoms with E-state index in [0.29, 0.717) is 31.9 Å². The standard InChI is InChI=1S/C36H45N5O3.H2O/c1-3-44-25-24-41-33-13-8-7-12-32(33)37-35(41)39-19-9-18-38(22-23-39)20-16-36(29-10-5-4-6-11-29)17-21-40(27-36)34(43)31-26-30(42)15-14-28(31)2;/h4-8,10-15,26,42H,3,9,16-25,27H2,1-2H3;1H2. The average Bonchev–Trinajstić information content (AvgIpc) is 3.57. The summed E-state index contributed by atoms with van der Waals surface area (Å²) in [6.45, 7) is 12.5. The van der Waals surface area contributed by atoms with Crippen LogP contribution in [0.3, 0.4) is 0 Å². The van der Waals surface area contributed by atoms with Gasteiger partial charge in [-0.05, 0) is 81.6 Å². The van der Waals surface area contributed by atoms with Crippen molar-refractivity contribution >= 4 is 22.9 Å². The number of hydrogen-bond acceptors (Lipinski definition) is 6. The molecule has 4 aromatic rings. The molecule has 3 heterocycles. The Morgan fingerprint density at radius 1 is 0.956 bits per heavy atom. The summed E-state index contributed by atoms with van der Waals surface area (Å²) in [4.78, 5) is 25.7. The fourth-order valence-corrected chi connectivity index (χ4v) is 7.02. The number of amides is 1. The van der Waals surface area contributed by atoms with E-state index in [0.717, 1.165) is 81.1 Å². The average molecular weight is 614 g/mol. The summed E-state index contributed by atoms with van der Waals surface area (Å²) in [5.41, 5.74) is 4.89. The summed E-state index contributed by atoms with van der Waals surface area (Å²) in [6.07, 6.45) is 3.01. The van der Waals surface area contributed by atoms with Crippen molar-refractivity contribution in [3.8, 4) is 5.75 Å². The van der Waals surface area contributed by atoms with Gasteiger partial charge < -0.3 is 34.6 Å². The molecule has 2 saturated heterocycles. The van der Waals surface area contributed by atoms with Crippen molar-refractivity contribution in [3.63, 3.8) is 0 Å². The maximum atomic E-state index is 13.6. The SMILES string of the molecule is CCOCCn1c(N2CCCN(CCC3(c4ccccc4)CCN(C(=O)c4cc(O)ccc4C)C3)CC2)nc2ccccc21.O. The largest absolute Gasteiger partial charge is 0.508 e. The van der Waals surface area contributed by atoms with Gasteiger partial charge in [-0.25, -0.2) is 4.98 Å². The van der Waals surface area contributed by atoms with Gasteiger partial charge in [0.15, 0.2) is 0 Å². The Hall–Kier alpha value is -3.92. The molecule has 3 N–H and O–H groups in total. The van der Waals surface area contributed by atoms with E-state index in [1.54, 1.807) is 12.1 Å². The highest BCUT2D eigenvalue weighted by Crippen LogP contribution is 2.39. The number of ether oxygens (including phenoxy) is 1. The molecule has 1 unspecified atom stereocenters. The predicted molar refractivity (Wildman–Crippen MR) is 179 cm³/mol. The van der Waals surface area contributed by atoms with Crippen LogP contribution in [0, 0.1) is 6.92 Å². The number of phenolic OH excluding ortho intramolecular Hbond substituents is 1. The lowest BCUT2D eigenvalue weighted by Crippen LogP contribution is -2.39. The second-order valence-corrected chi connectivity index (χ2v) is 12.3. The van der Waals surface area contributed by atoms with Crippen molar-refractivity contribution in [3.05, 3.63) is 89.5 Å². The van der Waals surface area contributed by atoms with Gasteiger partial charge in [0.25, 0.3) is 5.91 Å². The Kier molecular flexibility index (Phi) is 10.4. The van der Waals surface area contributed by atoms with Crippen molar-refractivity contribution in [1.29, 1.82) is 0 Å². The topological polar surface area (TPSA) is 106 Å². The molecule has 9 nitrogen and oxygen atoms in total. The molecule has 2 aliphatic heterocycles. The van der Waals surface area contributed by atoms with Gasteiger partial charge in [-0.15, -0.1) is 0 Å². The minimum absolute atomic E-state index is 0. The molecule has 9 heteroatoms. The molecule has 0 aliphatic carbocycles. The fraction of sp³-hybridized carbons (Fsp3) is 0.444. The van der Waals surface area contributed by atoms with Crippen LogP contribution in [0.15, 0.2) is 72.8 Å². The molecule has 2 fully saturated rings. The molecule has 1 aromatic heterocycles. The third kappa shape index (κ3) is 7.01. The van der Waals surface area contributed by atoms with Gasteiger partial charge >= 0.3 is 0 Å². The second kappa shape index (κ2) is 14.5. The molecule has 240 valence electrons. The highest BCUT2D eigenvalue weighted by Gasteiger charge is 2.41. The maximum absolute atomic E-state index is 13.6. The fourth-order valence-electron chi connectivity index (χ4n) is 7.02. The lowest BCUT2D eigenvalue weighted by atomic mass is 9.76. The van der Waals surface area contributed by atoms with Gasteiger partial charge in [-0.3, -0.25) is 4.79 Å².